The number of thioether (sulfide) groups is 1. The number of carbonyl (C=O) groups is 1. The Hall–Kier alpha value is -3.85. The molecule has 0 unspecified atom stereocenters. The van der Waals surface area contributed by atoms with E-state index < -0.39 is 0 Å². The van der Waals surface area contributed by atoms with Crippen molar-refractivity contribution in [3.05, 3.63) is 72.6 Å². The Morgan fingerprint density at radius 1 is 1.03 bits per heavy atom. The smallest absolute Gasteiger partial charge is 0.234 e. The highest BCUT2D eigenvalue weighted by molar-refractivity contribution is 7.99. The molecule has 0 aliphatic heterocycles. The van der Waals surface area contributed by atoms with Crippen molar-refractivity contribution in [2.75, 3.05) is 25.3 Å². The number of aromatic nitrogens is 4. The van der Waals surface area contributed by atoms with Crippen molar-refractivity contribution in [2.24, 2.45) is 0 Å². The van der Waals surface area contributed by atoms with Crippen molar-refractivity contribution >= 4 is 23.4 Å². The monoisotopic (exact) mass is 461 g/mol. The van der Waals surface area contributed by atoms with Crippen LogP contribution in [-0.4, -0.2) is 45.6 Å². The van der Waals surface area contributed by atoms with Crippen LogP contribution in [0.3, 0.4) is 0 Å². The number of amides is 1. The maximum absolute atomic E-state index is 12.7. The summed E-state index contributed by atoms with van der Waals surface area (Å²) in [5, 5.41) is 12.3. The van der Waals surface area contributed by atoms with Gasteiger partial charge in [0.1, 0.15) is 11.5 Å². The summed E-state index contributed by atoms with van der Waals surface area (Å²) in [6.45, 7) is 2.03. The summed E-state index contributed by atoms with van der Waals surface area (Å²) in [4.78, 5) is 16.9. The Kier molecular flexibility index (Phi) is 6.89. The van der Waals surface area contributed by atoms with E-state index in [4.69, 9.17) is 9.47 Å². The second kappa shape index (κ2) is 10.2. The number of hydrogen-bond donors (Lipinski definition) is 1. The van der Waals surface area contributed by atoms with E-state index in [1.54, 1.807) is 44.8 Å². The van der Waals surface area contributed by atoms with Crippen LogP contribution in [0.25, 0.3) is 17.1 Å². The van der Waals surface area contributed by atoms with Crippen LogP contribution in [0.1, 0.15) is 5.56 Å². The molecule has 0 aliphatic carbocycles. The standard InChI is InChI=1S/C24H23N5O3S/c1-16-7-4-5-9-21(16)29-23(17-8-6-10-25-14-17)27-28-24(29)33-15-22(30)26-18-11-19(31-2)13-20(12-18)32-3/h4-14H,15H2,1-3H3,(H,26,30). The van der Waals surface area contributed by atoms with Gasteiger partial charge in [-0.25, -0.2) is 0 Å². The molecule has 0 saturated carbocycles. The maximum Gasteiger partial charge on any atom is 0.234 e. The fourth-order valence-electron chi connectivity index (χ4n) is 3.28. The maximum atomic E-state index is 12.7. The van der Waals surface area contributed by atoms with E-state index in [2.05, 4.69) is 20.5 Å². The number of rotatable bonds is 8. The van der Waals surface area contributed by atoms with Crippen LogP contribution in [-0.2, 0) is 4.79 Å². The molecular formula is C24H23N5O3S. The van der Waals surface area contributed by atoms with Gasteiger partial charge in [-0.15, -0.1) is 10.2 Å². The molecule has 0 bridgehead atoms. The Morgan fingerprint density at radius 3 is 2.45 bits per heavy atom. The molecule has 4 rings (SSSR count). The predicted octanol–water partition coefficient (Wildman–Crippen LogP) is 4.39. The van der Waals surface area contributed by atoms with Crippen LogP contribution in [0, 0.1) is 6.92 Å². The molecule has 168 valence electrons. The first-order chi connectivity index (χ1) is 16.1. The topological polar surface area (TPSA) is 91.2 Å². The molecule has 0 spiro atoms. The third-order valence-corrected chi connectivity index (χ3v) is 5.81. The molecule has 1 N–H and O–H groups in total. The number of nitrogens with zero attached hydrogens (tertiary/aromatic N) is 4. The van der Waals surface area contributed by atoms with E-state index in [0.717, 1.165) is 16.8 Å². The first kappa shape index (κ1) is 22.3. The average molecular weight is 462 g/mol. The van der Waals surface area contributed by atoms with E-state index in [1.165, 1.54) is 11.8 Å². The molecule has 0 atom stereocenters. The molecule has 2 heterocycles. The number of benzene rings is 2. The van der Waals surface area contributed by atoms with Crippen molar-refractivity contribution in [3.63, 3.8) is 0 Å². The normalized spacial score (nSPS) is 10.6. The van der Waals surface area contributed by atoms with Gasteiger partial charge in [-0.1, -0.05) is 30.0 Å². The molecule has 1 amide bonds. The van der Waals surface area contributed by atoms with Gasteiger partial charge in [-0.2, -0.15) is 0 Å². The summed E-state index contributed by atoms with van der Waals surface area (Å²) in [5.41, 5.74) is 3.44. The lowest BCUT2D eigenvalue weighted by Crippen LogP contribution is -2.15. The summed E-state index contributed by atoms with van der Waals surface area (Å²) in [7, 11) is 3.13. The van der Waals surface area contributed by atoms with Crippen LogP contribution in [0.2, 0.25) is 0 Å². The van der Waals surface area contributed by atoms with Gasteiger partial charge in [0, 0.05) is 41.8 Å². The summed E-state index contributed by atoms with van der Waals surface area (Å²) in [5.74, 6) is 1.82. The van der Waals surface area contributed by atoms with Crippen molar-refractivity contribution in [2.45, 2.75) is 12.1 Å². The van der Waals surface area contributed by atoms with Crippen LogP contribution in [0.5, 0.6) is 11.5 Å². The highest BCUT2D eigenvalue weighted by Crippen LogP contribution is 2.30. The van der Waals surface area contributed by atoms with Gasteiger partial charge in [0.2, 0.25) is 5.91 Å². The number of aryl methyl sites for hydroxylation is 1. The molecule has 4 aromatic rings. The number of hydrogen-bond acceptors (Lipinski definition) is 7. The summed E-state index contributed by atoms with van der Waals surface area (Å²) >= 11 is 1.31. The van der Waals surface area contributed by atoms with Gasteiger partial charge >= 0.3 is 0 Å². The van der Waals surface area contributed by atoms with Crippen molar-refractivity contribution in [1.82, 2.24) is 19.7 Å². The Labute approximate surface area is 196 Å². The average Bonchev–Trinajstić information content (AvgIpc) is 3.27. The molecule has 0 fully saturated rings. The third kappa shape index (κ3) is 5.15. The van der Waals surface area contributed by atoms with Crippen LogP contribution in [0.4, 0.5) is 5.69 Å². The fraction of sp³-hybridized carbons (Fsp3) is 0.167. The minimum absolute atomic E-state index is 0.149. The lowest BCUT2D eigenvalue weighted by atomic mass is 10.2. The first-order valence-corrected chi connectivity index (χ1v) is 11.1. The molecule has 0 aliphatic rings. The second-order valence-corrected chi connectivity index (χ2v) is 8.05. The van der Waals surface area contributed by atoms with Gasteiger partial charge in [-0.05, 0) is 30.7 Å². The lowest BCUT2D eigenvalue weighted by Gasteiger charge is -2.13. The van der Waals surface area contributed by atoms with Crippen molar-refractivity contribution in [3.8, 4) is 28.6 Å². The van der Waals surface area contributed by atoms with Gasteiger partial charge < -0.3 is 14.8 Å². The molecule has 0 radical (unpaired) electrons. The van der Waals surface area contributed by atoms with Crippen LogP contribution < -0.4 is 14.8 Å². The quantitative estimate of drug-likeness (QED) is 0.389. The zero-order chi connectivity index (χ0) is 23.2. The number of carbonyl (C=O) groups excluding carboxylic acids is 1. The van der Waals surface area contributed by atoms with Gasteiger partial charge in [0.25, 0.3) is 0 Å². The van der Waals surface area contributed by atoms with Gasteiger partial charge in [-0.3, -0.25) is 14.3 Å². The Bertz CT molecular complexity index is 1240. The SMILES string of the molecule is COc1cc(NC(=O)CSc2nnc(-c3cccnc3)n2-c2ccccc2C)cc(OC)c1. The van der Waals surface area contributed by atoms with Crippen molar-refractivity contribution in [1.29, 1.82) is 0 Å². The number of anilines is 1. The molecule has 0 saturated heterocycles. The summed E-state index contributed by atoms with van der Waals surface area (Å²) < 4.78 is 12.5. The number of nitrogens with one attached hydrogen (secondary N) is 1. The minimum Gasteiger partial charge on any atom is -0.497 e. The summed E-state index contributed by atoms with van der Waals surface area (Å²) in [6, 6.07) is 17.0. The predicted molar refractivity (Wildman–Crippen MR) is 128 cm³/mol. The molecule has 33 heavy (non-hydrogen) atoms. The second-order valence-electron chi connectivity index (χ2n) is 7.11. The molecule has 9 heteroatoms. The highest BCUT2D eigenvalue weighted by atomic mass is 32.2. The fourth-order valence-corrected chi connectivity index (χ4v) is 4.03. The van der Waals surface area contributed by atoms with Gasteiger partial charge in [0.05, 0.1) is 25.7 Å². The number of para-hydroxylation sites is 1. The lowest BCUT2D eigenvalue weighted by molar-refractivity contribution is -0.113. The number of ether oxygens (including phenoxy) is 2. The highest BCUT2D eigenvalue weighted by Gasteiger charge is 2.18. The molecule has 2 aromatic carbocycles. The van der Waals surface area contributed by atoms with Crippen LogP contribution in [0.15, 0.2) is 72.1 Å². The van der Waals surface area contributed by atoms with Gasteiger partial charge in [0.15, 0.2) is 11.0 Å². The molecular weight excluding hydrogens is 438 g/mol. The summed E-state index contributed by atoms with van der Waals surface area (Å²) in [6.07, 6.45) is 3.46. The van der Waals surface area contributed by atoms with E-state index >= 15 is 0 Å². The zero-order valence-electron chi connectivity index (χ0n) is 18.5. The number of pyridine rings is 1. The first-order valence-electron chi connectivity index (χ1n) is 10.2. The van der Waals surface area contributed by atoms with E-state index in [-0.39, 0.29) is 11.7 Å². The van der Waals surface area contributed by atoms with E-state index in [9.17, 15) is 4.79 Å². The minimum atomic E-state index is -0.183. The van der Waals surface area contributed by atoms with Crippen LogP contribution >= 0.6 is 11.8 Å². The number of methoxy groups -OCH3 is 2. The van der Waals surface area contributed by atoms with E-state index in [1.807, 2.05) is 47.9 Å². The Balaban J connectivity index is 1.58. The van der Waals surface area contributed by atoms with E-state index in [0.29, 0.717) is 28.2 Å². The zero-order valence-corrected chi connectivity index (χ0v) is 19.3. The molecule has 8 nitrogen and oxygen atoms in total. The molecule has 2 aromatic heterocycles. The van der Waals surface area contributed by atoms with Crippen molar-refractivity contribution < 1.29 is 14.3 Å². The third-order valence-electron chi connectivity index (χ3n) is 4.88. The Morgan fingerprint density at radius 2 is 1.79 bits per heavy atom. The largest absolute Gasteiger partial charge is 0.497 e.